The molecule has 0 aliphatic heterocycles. The van der Waals surface area contributed by atoms with Gasteiger partial charge in [-0.25, -0.2) is 0 Å². The number of hydrogen-bond acceptors (Lipinski definition) is 4. The lowest BCUT2D eigenvalue weighted by Gasteiger charge is -2.19. The zero-order valence-electron chi connectivity index (χ0n) is 9.87. The minimum atomic E-state index is -1.01. The van der Waals surface area contributed by atoms with E-state index in [1.165, 1.54) is 14.2 Å². The summed E-state index contributed by atoms with van der Waals surface area (Å²) in [6.45, 7) is 0. The van der Waals surface area contributed by atoms with Gasteiger partial charge in [0.15, 0.2) is 11.5 Å². The Hall–Kier alpha value is -0.980. The smallest absolute Gasteiger partial charge is 0.305 e. The van der Waals surface area contributed by atoms with Crippen molar-refractivity contribution < 1.29 is 19.4 Å². The number of benzene rings is 1. The van der Waals surface area contributed by atoms with E-state index in [-0.39, 0.29) is 6.42 Å². The monoisotopic (exact) mass is 337 g/mol. The molecule has 0 radical (unpaired) electrons. The fraction of sp³-hybridized carbons (Fsp3) is 0.364. The first-order valence-corrected chi connectivity index (χ1v) is 6.16. The third kappa shape index (κ3) is 3.07. The molecule has 3 N–H and O–H groups in total. The van der Waals surface area contributed by atoms with E-state index in [0.29, 0.717) is 26.6 Å². The highest BCUT2D eigenvalue weighted by atomic mass is 79.9. The predicted molar refractivity (Wildman–Crippen MR) is 71.4 cm³/mol. The highest BCUT2D eigenvalue weighted by molar-refractivity contribution is 9.10. The molecule has 18 heavy (non-hydrogen) atoms. The summed E-state index contributed by atoms with van der Waals surface area (Å²) < 4.78 is 11.0. The largest absolute Gasteiger partial charge is 0.492 e. The third-order valence-corrected chi connectivity index (χ3v) is 3.25. The lowest BCUT2D eigenvalue weighted by Crippen LogP contribution is -2.17. The van der Waals surface area contributed by atoms with Crippen LogP contribution in [-0.2, 0) is 4.79 Å². The van der Waals surface area contributed by atoms with E-state index in [4.69, 9.17) is 31.9 Å². The molecule has 0 saturated heterocycles. The number of methoxy groups -OCH3 is 2. The maximum Gasteiger partial charge on any atom is 0.305 e. The van der Waals surface area contributed by atoms with E-state index in [1.807, 2.05) is 0 Å². The summed E-state index contributed by atoms with van der Waals surface area (Å²) in [6.07, 6.45) is -0.249. The number of carboxylic acid groups (broad SMARTS) is 1. The second-order valence-corrected chi connectivity index (χ2v) is 4.79. The van der Waals surface area contributed by atoms with Crippen LogP contribution in [0, 0.1) is 0 Å². The topological polar surface area (TPSA) is 81.8 Å². The van der Waals surface area contributed by atoms with E-state index in [2.05, 4.69) is 15.9 Å². The van der Waals surface area contributed by atoms with Crippen molar-refractivity contribution in [3.05, 3.63) is 21.1 Å². The minimum Gasteiger partial charge on any atom is -0.492 e. The van der Waals surface area contributed by atoms with Crippen molar-refractivity contribution in [2.24, 2.45) is 5.73 Å². The van der Waals surface area contributed by atoms with E-state index >= 15 is 0 Å². The molecule has 0 aromatic heterocycles. The highest BCUT2D eigenvalue weighted by Gasteiger charge is 2.24. The summed E-state index contributed by atoms with van der Waals surface area (Å²) in [5.41, 5.74) is 6.25. The molecular formula is C11H13BrClNO4. The Kier molecular flexibility index (Phi) is 5.25. The molecule has 100 valence electrons. The fourth-order valence-corrected chi connectivity index (χ4v) is 2.66. The molecule has 0 spiro atoms. The van der Waals surface area contributed by atoms with Crippen LogP contribution in [0.15, 0.2) is 10.5 Å². The van der Waals surface area contributed by atoms with Crippen molar-refractivity contribution in [3.63, 3.8) is 0 Å². The molecule has 1 atom stereocenters. The Balaban J connectivity index is 3.37. The normalized spacial score (nSPS) is 12.1. The highest BCUT2D eigenvalue weighted by Crippen LogP contribution is 2.44. The van der Waals surface area contributed by atoms with Crippen LogP contribution in [0.2, 0.25) is 5.02 Å². The van der Waals surface area contributed by atoms with Gasteiger partial charge in [0, 0.05) is 11.6 Å². The number of aliphatic carboxylic acids is 1. The van der Waals surface area contributed by atoms with Gasteiger partial charge in [0.2, 0.25) is 0 Å². The molecule has 5 nitrogen and oxygen atoms in total. The van der Waals surface area contributed by atoms with Crippen LogP contribution in [0.25, 0.3) is 0 Å². The lowest BCUT2D eigenvalue weighted by molar-refractivity contribution is -0.137. The van der Waals surface area contributed by atoms with Gasteiger partial charge in [-0.3, -0.25) is 4.79 Å². The van der Waals surface area contributed by atoms with Crippen LogP contribution in [0.1, 0.15) is 18.0 Å². The van der Waals surface area contributed by atoms with Crippen molar-refractivity contribution in [3.8, 4) is 11.5 Å². The van der Waals surface area contributed by atoms with Crippen molar-refractivity contribution in [1.82, 2.24) is 0 Å². The molecule has 0 aliphatic rings. The molecule has 0 fully saturated rings. The Morgan fingerprint density at radius 3 is 2.50 bits per heavy atom. The molecule has 1 rings (SSSR count). The van der Waals surface area contributed by atoms with Gasteiger partial charge >= 0.3 is 5.97 Å². The van der Waals surface area contributed by atoms with Gasteiger partial charge in [-0.05, 0) is 22.0 Å². The summed E-state index contributed by atoms with van der Waals surface area (Å²) in [4.78, 5) is 10.7. The number of rotatable bonds is 5. The molecular weight excluding hydrogens is 325 g/mol. The average molecular weight is 339 g/mol. The van der Waals surface area contributed by atoms with E-state index < -0.39 is 12.0 Å². The van der Waals surface area contributed by atoms with E-state index in [0.717, 1.165) is 0 Å². The summed E-state index contributed by atoms with van der Waals surface area (Å²) in [7, 11) is 2.92. The number of ether oxygens (including phenoxy) is 2. The predicted octanol–water partition coefficient (Wildman–Crippen LogP) is 2.59. The van der Waals surface area contributed by atoms with Crippen LogP contribution in [0.5, 0.6) is 11.5 Å². The van der Waals surface area contributed by atoms with E-state index in [1.54, 1.807) is 6.07 Å². The molecule has 7 heteroatoms. The molecule has 0 saturated carbocycles. The Labute approximate surface area is 118 Å². The third-order valence-electron chi connectivity index (χ3n) is 2.35. The van der Waals surface area contributed by atoms with Crippen molar-refractivity contribution in [2.45, 2.75) is 12.5 Å². The zero-order chi connectivity index (χ0) is 13.9. The summed E-state index contributed by atoms with van der Waals surface area (Å²) in [6, 6.07) is 0.826. The van der Waals surface area contributed by atoms with Gasteiger partial charge in [-0.15, -0.1) is 0 Å². The van der Waals surface area contributed by atoms with Crippen molar-refractivity contribution in [2.75, 3.05) is 14.2 Å². The van der Waals surface area contributed by atoms with Crippen LogP contribution in [0.3, 0.4) is 0 Å². The van der Waals surface area contributed by atoms with Crippen molar-refractivity contribution in [1.29, 1.82) is 0 Å². The zero-order valence-corrected chi connectivity index (χ0v) is 12.2. The van der Waals surface area contributed by atoms with Gasteiger partial charge in [-0.2, -0.15) is 0 Å². The summed E-state index contributed by atoms with van der Waals surface area (Å²) in [5.74, 6) is -0.245. The standard InChI is InChI=1S/C11H13BrClNO4/c1-17-10-5(12)3-6(13)9(11(10)18-2)7(14)4-8(15)16/h3,7H,4,14H2,1-2H3,(H,15,16). The van der Waals surface area contributed by atoms with Crippen molar-refractivity contribution >= 4 is 33.5 Å². The molecule has 1 aromatic carbocycles. The van der Waals surface area contributed by atoms with E-state index in [9.17, 15) is 4.79 Å². The fourth-order valence-electron chi connectivity index (χ4n) is 1.62. The van der Waals surface area contributed by atoms with Crippen LogP contribution in [-0.4, -0.2) is 25.3 Å². The average Bonchev–Trinajstić information content (AvgIpc) is 2.26. The van der Waals surface area contributed by atoms with Crippen LogP contribution < -0.4 is 15.2 Å². The van der Waals surface area contributed by atoms with Gasteiger partial charge in [0.25, 0.3) is 0 Å². The lowest BCUT2D eigenvalue weighted by atomic mass is 10.0. The second kappa shape index (κ2) is 6.26. The Bertz CT molecular complexity index is 467. The first-order chi connectivity index (χ1) is 8.42. The Morgan fingerprint density at radius 2 is 2.06 bits per heavy atom. The van der Waals surface area contributed by atoms with Crippen LogP contribution >= 0.6 is 27.5 Å². The molecule has 0 heterocycles. The number of carbonyl (C=O) groups is 1. The first-order valence-electron chi connectivity index (χ1n) is 4.99. The molecule has 0 amide bonds. The van der Waals surface area contributed by atoms with Gasteiger partial charge in [-0.1, -0.05) is 11.6 Å². The maximum absolute atomic E-state index is 10.7. The number of halogens is 2. The Morgan fingerprint density at radius 1 is 1.50 bits per heavy atom. The maximum atomic E-state index is 10.7. The molecule has 0 aliphatic carbocycles. The number of carboxylic acids is 1. The minimum absolute atomic E-state index is 0.249. The molecule has 1 aromatic rings. The summed E-state index contributed by atoms with van der Waals surface area (Å²) >= 11 is 9.37. The van der Waals surface area contributed by atoms with Gasteiger partial charge < -0.3 is 20.3 Å². The van der Waals surface area contributed by atoms with Gasteiger partial charge in [0.05, 0.1) is 30.1 Å². The SMILES string of the molecule is COc1c(Br)cc(Cl)c(C(N)CC(=O)O)c1OC. The first kappa shape index (κ1) is 15.1. The quantitative estimate of drug-likeness (QED) is 0.862. The molecule has 1 unspecified atom stereocenters. The number of hydrogen-bond donors (Lipinski definition) is 2. The molecule has 0 bridgehead atoms. The second-order valence-electron chi connectivity index (χ2n) is 3.52. The van der Waals surface area contributed by atoms with Crippen LogP contribution in [0.4, 0.5) is 0 Å². The number of nitrogens with two attached hydrogens (primary N) is 1. The summed E-state index contributed by atoms with van der Waals surface area (Å²) in [5, 5.41) is 9.10. The van der Waals surface area contributed by atoms with Gasteiger partial charge in [0.1, 0.15) is 0 Å².